The largest absolute Gasteiger partial charge is 0.361 e. The van der Waals surface area contributed by atoms with Crippen molar-refractivity contribution in [2.75, 3.05) is 5.32 Å². The van der Waals surface area contributed by atoms with E-state index in [1.807, 2.05) is 18.4 Å². The highest BCUT2D eigenvalue weighted by atomic mass is 15.3. The third-order valence-electron chi connectivity index (χ3n) is 2.66. The van der Waals surface area contributed by atoms with Gasteiger partial charge in [0.15, 0.2) is 5.82 Å². The SMILES string of the molecule is CCn1cnnc1CNc1cnc(C)c(C)n1. The number of hydrogen-bond donors (Lipinski definition) is 1. The van der Waals surface area contributed by atoms with E-state index < -0.39 is 0 Å². The maximum atomic E-state index is 4.40. The Bertz CT molecular complexity index is 504. The Labute approximate surface area is 100 Å². The van der Waals surface area contributed by atoms with Crippen molar-refractivity contribution >= 4 is 5.82 Å². The fraction of sp³-hybridized carbons (Fsp3) is 0.455. The van der Waals surface area contributed by atoms with Crippen LogP contribution in [-0.2, 0) is 13.1 Å². The van der Waals surface area contributed by atoms with E-state index in [4.69, 9.17) is 0 Å². The van der Waals surface area contributed by atoms with Crippen LogP contribution < -0.4 is 5.32 Å². The summed E-state index contributed by atoms with van der Waals surface area (Å²) in [6.45, 7) is 7.41. The molecule has 0 aliphatic rings. The van der Waals surface area contributed by atoms with Gasteiger partial charge in [0.25, 0.3) is 0 Å². The summed E-state index contributed by atoms with van der Waals surface area (Å²) in [4.78, 5) is 8.65. The lowest BCUT2D eigenvalue weighted by Crippen LogP contribution is -2.09. The van der Waals surface area contributed by atoms with E-state index in [1.54, 1.807) is 12.5 Å². The summed E-state index contributed by atoms with van der Waals surface area (Å²) in [6.07, 6.45) is 3.46. The van der Waals surface area contributed by atoms with Gasteiger partial charge in [-0.1, -0.05) is 0 Å². The van der Waals surface area contributed by atoms with Crippen molar-refractivity contribution < 1.29 is 0 Å². The van der Waals surface area contributed by atoms with Crippen molar-refractivity contribution in [3.8, 4) is 0 Å². The van der Waals surface area contributed by atoms with Gasteiger partial charge >= 0.3 is 0 Å². The van der Waals surface area contributed by atoms with E-state index in [-0.39, 0.29) is 0 Å². The van der Waals surface area contributed by atoms with Gasteiger partial charge in [-0.25, -0.2) is 4.98 Å². The van der Waals surface area contributed by atoms with Crippen molar-refractivity contribution in [2.24, 2.45) is 0 Å². The van der Waals surface area contributed by atoms with Gasteiger partial charge in [-0.2, -0.15) is 0 Å². The van der Waals surface area contributed by atoms with Crippen molar-refractivity contribution in [2.45, 2.75) is 33.9 Å². The number of anilines is 1. The molecule has 0 bridgehead atoms. The molecule has 6 heteroatoms. The second-order valence-corrected chi connectivity index (χ2v) is 3.81. The highest BCUT2D eigenvalue weighted by Crippen LogP contribution is 2.07. The quantitative estimate of drug-likeness (QED) is 0.861. The lowest BCUT2D eigenvalue weighted by molar-refractivity contribution is 0.707. The minimum Gasteiger partial charge on any atom is -0.361 e. The van der Waals surface area contributed by atoms with Gasteiger partial charge in [0.2, 0.25) is 0 Å². The molecular weight excluding hydrogens is 216 g/mol. The number of nitrogens with one attached hydrogen (secondary N) is 1. The summed E-state index contributed by atoms with van der Waals surface area (Å²) in [5.41, 5.74) is 1.89. The maximum absolute atomic E-state index is 4.40. The monoisotopic (exact) mass is 232 g/mol. The number of rotatable bonds is 4. The van der Waals surface area contributed by atoms with E-state index in [0.717, 1.165) is 29.6 Å². The second kappa shape index (κ2) is 4.90. The Kier molecular flexibility index (Phi) is 3.32. The van der Waals surface area contributed by atoms with Gasteiger partial charge in [-0.15, -0.1) is 10.2 Å². The van der Waals surface area contributed by atoms with Gasteiger partial charge in [-0.05, 0) is 20.8 Å². The van der Waals surface area contributed by atoms with E-state index in [2.05, 4.69) is 32.4 Å². The summed E-state index contributed by atoms with van der Waals surface area (Å²) >= 11 is 0. The molecule has 90 valence electrons. The fourth-order valence-corrected chi connectivity index (χ4v) is 1.48. The molecule has 2 aromatic rings. The van der Waals surface area contributed by atoms with Gasteiger partial charge in [0.1, 0.15) is 12.1 Å². The first kappa shape index (κ1) is 11.5. The summed E-state index contributed by atoms with van der Waals surface area (Å²) in [6, 6.07) is 0. The predicted molar refractivity (Wildman–Crippen MR) is 64.5 cm³/mol. The van der Waals surface area contributed by atoms with E-state index in [1.165, 1.54) is 0 Å². The van der Waals surface area contributed by atoms with Crippen LogP contribution in [-0.4, -0.2) is 24.7 Å². The molecule has 2 heterocycles. The average molecular weight is 232 g/mol. The lowest BCUT2D eigenvalue weighted by atomic mass is 10.3. The smallest absolute Gasteiger partial charge is 0.152 e. The Balaban J connectivity index is 2.05. The predicted octanol–water partition coefficient (Wildman–Crippen LogP) is 1.32. The zero-order valence-corrected chi connectivity index (χ0v) is 10.3. The first-order valence-electron chi connectivity index (χ1n) is 5.61. The molecule has 6 nitrogen and oxygen atoms in total. The van der Waals surface area contributed by atoms with Gasteiger partial charge in [0.05, 0.1) is 24.1 Å². The molecule has 0 radical (unpaired) electrons. The third kappa shape index (κ3) is 2.58. The Morgan fingerprint density at radius 3 is 2.82 bits per heavy atom. The van der Waals surface area contributed by atoms with E-state index in [0.29, 0.717) is 6.54 Å². The second-order valence-electron chi connectivity index (χ2n) is 3.81. The van der Waals surface area contributed by atoms with Crippen LogP contribution in [0.1, 0.15) is 24.1 Å². The number of aryl methyl sites for hydroxylation is 3. The van der Waals surface area contributed by atoms with E-state index in [9.17, 15) is 0 Å². The average Bonchev–Trinajstić information content (AvgIpc) is 2.78. The topological polar surface area (TPSA) is 68.5 Å². The molecule has 1 N–H and O–H groups in total. The number of hydrogen-bond acceptors (Lipinski definition) is 5. The van der Waals surface area contributed by atoms with E-state index >= 15 is 0 Å². The number of aromatic nitrogens is 5. The van der Waals surface area contributed by atoms with Gasteiger partial charge in [0, 0.05) is 6.54 Å². The highest BCUT2D eigenvalue weighted by molar-refractivity contribution is 5.33. The molecule has 17 heavy (non-hydrogen) atoms. The summed E-state index contributed by atoms with van der Waals surface area (Å²) in [5.74, 6) is 1.66. The van der Waals surface area contributed by atoms with Crippen molar-refractivity contribution in [1.29, 1.82) is 0 Å². The third-order valence-corrected chi connectivity index (χ3v) is 2.66. The first-order valence-corrected chi connectivity index (χ1v) is 5.61. The van der Waals surface area contributed by atoms with Crippen LogP contribution in [0.15, 0.2) is 12.5 Å². The van der Waals surface area contributed by atoms with Crippen LogP contribution in [0.4, 0.5) is 5.82 Å². The van der Waals surface area contributed by atoms with Crippen LogP contribution in [0.3, 0.4) is 0 Å². The minimum absolute atomic E-state index is 0.602. The van der Waals surface area contributed by atoms with Crippen LogP contribution in [0.2, 0.25) is 0 Å². The molecule has 2 aromatic heterocycles. The van der Waals surface area contributed by atoms with Crippen LogP contribution in [0.25, 0.3) is 0 Å². The lowest BCUT2D eigenvalue weighted by Gasteiger charge is -2.07. The molecule has 0 saturated carbocycles. The first-order chi connectivity index (χ1) is 8.20. The molecule has 0 atom stereocenters. The molecule has 0 aliphatic carbocycles. The molecule has 0 fully saturated rings. The summed E-state index contributed by atoms with van der Waals surface area (Å²) in [5, 5.41) is 11.1. The van der Waals surface area contributed by atoms with Crippen LogP contribution in [0, 0.1) is 13.8 Å². The number of nitrogens with zero attached hydrogens (tertiary/aromatic N) is 5. The van der Waals surface area contributed by atoms with Crippen LogP contribution in [0.5, 0.6) is 0 Å². The molecule has 0 aromatic carbocycles. The zero-order chi connectivity index (χ0) is 12.3. The Morgan fingerprint density at radius 2 is 2.12 bits per heavy atom. The van der Waals surface area contributed by atoms with Crippen molar-refractivity contribution in [1.82, 2.24) is 24.7 Å². The minimum atomic E-state index is 0.602. The summed E-state index contributed by atoms with van der Waals surface area (Å²) in [7, 11) is 0. The molecule has 0 aliphatic heterocycles. The standard InChI is InChI=1S/C11H16N6/c1-4-17-7-14-16-11(17)6-13-10-5-12-8(2)9(3)15-10/h5,7H,4,6H2,1-3H3,(H,13,15). The molecule has 0 amide bonds. The molecule has 0 saturated heterocycles. The zero-order valence-electron chi connectivity index (χ0n) is 10.3. The van der Waals surface area contributed by atoms with Gasteiger partial charge < -0.3 is 9.88 Å². The van der Waals surface area contributed by atoms with Crippen molar-refractivity contribution in [3.05, 3.63) is 29.7 Å². The molecule has 2 rings (SSSR count). The summed E-state index contributed by atoms with van der Waals surface area (Å²) < 4.78 is 1.99. The Hall–Kier alpha value is -1.98. The van der Waals surface area contributed by atoms with Crippen LogP contribution >= 0.6 is 0 Å². The normalized spacial score (nSPS) is 10.5. The molecule has 0 spiro atoms. The fourth-order valence-electron chi connectivity index (χ4n) is 1.48. The highest BCUT2D eigenvalue weighted by Gasteiger charge is 2.03. The maximum Gasteiger partial charge on any atom is 0.152 e. The van der Waals surface area contributed by atoms with Gasteiger partial charge in [-0.3, -0.25) is 4.98 Å². The molecule has 0 unspecified atom stereocenters. The Morgan fingerprint density at radius 1 is 1.29 bits per heavy atom. The molecular formula is C11H16N6. The van der Waals surface area contributed by atoms with Crippen molar-refractivity contribution in [3.63, 3.8) is 0 Å².